The van der Waals surface area contributed by atoms with E-state index >= 15 is 0 Å². The van der Waals surface area contributed by atoms with Gasteiger partial charge in [-0.2, -0.15) is 0 Å². The lowest BCUT2D eigenvalue weighted by Crippen LogP contribution is -2.46. The summed E-state index contributed by atoms with van der Waals surface area (Å²) < 4.78 is 0. The SMILES string of the molecule is CCc1cccc(C)c1NC(=O)CN1C(=O)C(=O)N([C@@H]2CCCC[C@@H]2C)C1=O. The van der Waals surface area contributed by atoms with Gasteiger partial charge in [0.15, 0.2) is 0 Å². The Hall–Kier alpha value is -2.70. The molecule has 1 saturated heterocycles. The summed E-state index contributed by atoms with van der Waals surface area (Å²) in [6.07, 6.45) is 4.35. The number of nitrogens with zero attached hydrogens (tertiary/aromatic N) is 2. The molecule has 1 aromatic rings. The van der Waals surface area contributed by atoms with Crippen LogP contribution in [0.25, 0.3) is 0 Å². The summed E-state index contributed by atoms with van der Waals surface area (Å²) in [5.41, 5.74) is 2.57. The number of carbonyl (C=O) groups excluding carboxylic acids is 4. The Morgan fingerprint density at radius 2 is 1.86 bits per heavy atom. The average Bonchev–Trinajstić information content (AvgIpc) is 2.87. The molecule has 0 radical (unpaired) electrons. The molecule has 3 rings (SSSR count). The van der Waals surface area contributed by atoms with Crippen molar-refractivity contribution in [3.05, 3.63) is 29.3 Å². The van der Waals surface area contributed by atoms with Gasteiger partial charge in [-0.05, 0) is 43.2 Å². The van der Waals surface area contributed by atoms with Crippen LogP contribution in [0.4, 0.5) is 10.5 Å². The van der Waals surface area contributed by atoms with Crippen molar-refractivity contribution in [2.75, 3.05) is 11.9 Å². The van der Waals surface area contributed by atoms with Gasteiger partial charge >= 0.3 is 17.8 Å². The van der Waals surface area contributed by atoms with Gasteiger partial charge in [-0.25, -0.2) is 9.69 Å². The normalized spacial score (nSPS) is 22.8. The van der Waals surface area contributed by atoms with Crippen molar-refractivity contribution >= 4 is 29.4 Å². The largest absolute Gasteiger partial charge is 0.334 e. The van der Waals surface area contributed by atoms with Gasteiger partial charge in [-0.3, -0.25) is 19.3 Å². The highest BCUT2D eigenvalue weighted by atomic mass is 16.2. The molecule has 7 heteroatoms. The molecule has 0 unspecified atom stereocenters. The Labute approximate surface area is 165 Å². The molecule has 1 aromatic carbocycles. The lowest BCUT2D eigenvalue weighted by atomic mass is 9.85. The predicted octanol–water partition coefficient (Wildman–Crippen LogP) is 2.87. The number of para-hydroxylation sites is 1. The van der Waals surface area contributed by atoms with Crippen molar-refractivity contribution in [3.63, 3.8) is 0 Å². The Balaban J connectivity index is 1.74. The van der Waals surface area contributed by atoms with Crippen molar-refractivity contribution in [1.29, 1.82) is 0 Å². The molecule has 2 aliphatic rings. The molecule has 1 saturated carbocycles. The third kappa shape index (κ3) is 3.66. The van der Waals surface area contributed by atoms with E-state index in [0.29, 0.717) is 12.1 Å². The van der Waals surface area contributed by atoms with E-state index in [1.807, 2.05) is 39.0 Å². The highest BCUT2D eigenvalue weighted by Crippen LogP contribution is 2.31. The first-order valence-corrected chi connectivity index (χ1v) is 9.92. The van der Waals surface area contributed by atoms with Gasteiger partial charge in [0.25, 0.3) is 0 Å². The van der Waals surface area contributed by atoms with Gasteiger partial charge in [0.05, 0.1) is 0 Å². The lowest BCUT2D eigenvalue weighted by molar-refractivity contribution is -0.145. The van der Waals surface area contributed by atoms with E-state index in [9.17, 15) is 19.2 Å². The van der Waals surface area contributed by atoms with E-state index in [1.165, 1.54) is 0 Å². The molecule has 1 N–H and O–H groups in total. The van der Waals surface area contributed by atoms with Gasteiger partial charge in [0.1, 0.15) is 6.54 Å². The van der Waals surface area contributed by atoms with Crippen LogP contribution in [0.15, 0.2) is 18.2 Å². The summed E-state index contributed by atoms with van der Waals surface area (Å²) >= 11 is 0. The minimum Gasteiger partial charge on any atom is -0.324 e. The van der Waals surface area contributed by atoms with Crippen molar-refractivity contribution in [2.24, 2.45) is 5.92 Å². The maximum absolute atomic E-state index is 12.8. The average molecular weight is 385 g/mol. The maximum Gasteiger partial charge on any atom is 0.334 e. The summed E-state index contributed by atoms with van der Waals surface area (Å²) in [7, 11) is 0. The van der Waals surface area contributed by atoms with E-state index in [1.54, 1.807) is 0 Å². The number of anilines is 1. The van der Waals surface area contributed by atoms with E-state index < -0.39 is 30.3 Å². The molecule has 0 bridgehead atoms. The van der Waals surface area contributed by atoms with Gasteiger partial charge in [0, 0.05) is 11.7 Å². The molecule has 1 heterocycles. The number of hydrogen-bond acceptors (Lipinski definition) is 4. The second-order valence-corrected chi connectivity index (χ2v) is 7.69. The molecule has 0 aromatic heterocycles. The van der Waals surface area contributed by atoms with Crippen LogP contribution in [0, 0.1) is 12.8 Å². The minimum atomic E-state index is -0.918. The molecule has 1 aliphatic heterocycles. The number of aryl methyl sites for hydroxylation is 2. The van der Waals surface area contributed by atoms with Crippen molar-refractivity contribution in [2.45, 2.75) is 58.9 Å². The topological polar surface area (TPSA) is 86.8 Å². The zero-order valence-corrected chi connectivity index (χ0v) is 16.7. The summed E-state index contributed by atoms with van der Waals surface area (Å²) in [6.45, 7) is 5.41. The fraction of sp³-hybridized carbons (Fsp3) is 0.524. The minimum absolute atomic E-state index is 0.155. The smallest absolute Gasteiger partial charge is 0.324 e. The first-order valence-electron chi connectivity index (χ1n) is 9.92. The molecule has 28 heavy (non-hydrogen) atoms. The van der Waals surface area contributed by atoms with Crippen LogP contribution in [-0.2, 0) is 20.8 Å². The van der Waals surface area contributed by atoms with Gasteiger partial charge in [-0.15, -0.1) is 0 Å². The number of rotatable bonds is 5. The van der Waals surface area contributed by atoms with Crippen LogP contribution >= 0.6 is 0 Å². The first-order chi connectivity index (χ1) is 13.3. The standard InChI is InChI=1S/C21H27N3O4/c1-4-15-10-7-9-14(3)18(15)22-17(25)12-23-19(26)20(27)24(21(23)28)16-11-6-5-8-13(16)2/h7,9-10,13,16H,4-6,8,11-12H2,1-3H3,(H,22,25)/t13-,16+/m0/s1. The first kappa shape index (κ1) is 20.0. The van der Waals surface area contributed by atoms with Gasteiger partial charge in [0.2, 0.25) is 5.91 Å². The molecule has 5 amide bonds. The number of hydrogen-bond donors (Lipinski definition) is 1. The fourth-order valence-electron chi connectivity index (χ4n) is 4.16. The zero-order valence-electron chi connectivity index (χ0n) is 16.7. The molecule has 1 aliphatic carbocycles. The second-order valence-electron chi connectivity index (χ2n) is 7.69. The second kappa shape index (κ2) is 8.12. The zero-order chi connectivity index (χ0) is 20.4. The maximum atomic E-state index is 12.8. The fourth-order valence-corrected chi connectivity index (χ4v) is 4.16. The summed E-state index contributed by atoms with van der Waals surface area (Å²) in [6, 6.07) is 4.78. The number of benzene rings is 1. The number of nitrogens with one attached hydrogen (secondary N) is 1. The number of carbonyl (C=O) groups is 4. The molecule has 2 fully saturated rings. The van der Waals surface area contributed by atoms with Crippen molar-refractivity contribution < 1.29 is 19.2 Å². The van der Waals surface area contributed by atoms with Crippen LogP contribution < -0.4 is 5.32 Å². The molecular weight excluding hydrogens is 358 g/mol. The highest BCUT2D eigenvalue weighted by molar-refractivity contribution is 6.45. The van der Waals surface area contributed by atoms with E-state index in [4.69, 9.17) is 0 Å². The Morgan fingerprint density at radius 1 is 1.14 bits per heavy atom. The Bertz CT molecular complexity index is 820. The van der Waals surface area contributed by atoms with Gasteiger partial charge in [-0.1, -0.05) is 44.9 Å². The van der Waals surface area contributed by atoms with Crippen LogP contribution in [0.2, 0.25) is 0 Å². The quantitative estimate of drug-likeness (QED) is 0.624. The third-order valence-corrected chi connectivity index (χ3v) is 5.79. The van der Waals surface area contributed by atoms with Crippen LogP contribution in [-0.4, -0.2) is 46.1 Å². The third-order valence-electron chi connectivity index (χ3n) is 5.79. The summed E-state index contributed by atoms with van der Waals surface area (Å²) in [5, 5.41) is 2.80. The summed E-state index contributed by atoms with van der Waals surface area (Å²) in [4.78, 5) is 52.0. The van der Waals surface area contributed by atoms with Crippen molar-refractivity contribution in [1.82, 2.24) is 9.80 Å². The Kier molecular flexibility index (Phi) is 5.82. The monoisotopic (exact) mass is 385 g/mol. The lowest BCUT2D eigenvalue weighted by Gasteiger charge is -2.34. The van der Waals surface area contributed by atoms with E-state index in [2.05, 4.69) is 5.32 Å². The molecule has 7 nitrogen and oxygen atoms in total. The van der Waals surface area contributed by atoms with Crippen LogP contribution in [0.1, 0.15) is 50.7 Å². The molecule has 0 spiro atoms. The van der Waals surface area contributed by atoms with Crippen molar-refractivity contribution in [3.8, 4) is 0 Å². The van der Waals surface area contributed by atoms with Crippen LogP contribution in [0.5, 0.6) is 0 Å². The molecule has 2 atom stereocenters. The van der Waals surface area contributed by atoms with E-state index in [-0.39, 0.29) is 12.0 Å². The Morgan fingerprint density at radius 3 is 2.54 bits per heavy atom. The number of amides is 5. The summed E-state index contributed by atoms with van der Waals surface area (Å²) in [5.74, 6) is -2.07. The van der Waals surface area contributed by atoms with E-state index in [0.717, 1.165) is 46.6 Å². The van der Waals surface area contributed by atoms with Crippen LogP contribution in [0.3, 0.4) is 0 Å². The molecular formula is C21H27N3O4. The number of imide groups is 2. The highest BCUT2D eigenvalue weighted by Gasteiger charge is 2.49. The molecule has 150 valence electrons. The van der Waals surface area contributed by atoms with Gasteiger partial charge < -0.3 is 5.32 Å². The number of urea groups is 1. The predicted molar refractivity (Wildman–Crippen MR) is 105 cm³/mol.